The van der Waals surface area contributed by atoms with Gasteiger partial charge in [0.2, 0.25) is 0 Å². The highest BCUT2D eigenvalue weighted by Gasteiger charge is 2.36. The number of urea groups is 1. The topological polar surface area (TPSA) is 114 Å². The van der Waals surface area contributed by atoms with Gasteiger partial charge in [0.1, 0.15) is 5.57 Å². The molecule has 2 N–H and O–H groups in total. The number of benzene rings is 3. The van der Waals surface area contributed by atoms with E-state index >= 15 is 0 Å². The normalized spacial score (nSPS) is 14.4. The lowest BCUT2D eigenvalue weighted by Gasteiger charge is -2.26. The summed E-state index contributed by atoms with van der Waals surface area (Å²) in [6.07, 6.45) is 1.37. The van der Waals surface area contributed by atoms with Crippen LogP contribution in [0.15, 0.2) is 84.4 Å². The Labute approximate surface area is 207 Å². The van der Waals surface area contributed by atoms with Crippen molar-refractivity contribution >= 4 is 41.2 Å². The molecule has 0 atom stereocenters. The quantitative estimate of drug-likeness (QED) is 0.371. The first kappa shape index (κ1) is 24.2. The minimum absolute atomic E-state index is 0.211. The van der Waals surface area contributed by atoms with E-state index in [4.69, 9.17) is 9.47 Å². The van der Waals surface area contributed by atoms with Crippen LogP contribution in [-0.4, -0.2) is 37.0 Å². The average Bonchev–Trinajstić information content (AvgIpc) is 2.87. The molecule has 9 heteroatoms. The number of nitrogens with zero attached hydrogens (tertiary/aromatic N) is 1. The van der Waals surface area contributed by atoms with Gasteiger partial charge in [0.15, 0.2) is 18.1 Å². The second-order valence-electron chi connectivity index (χ2n) is 7.64. The highest BCUT2D eigenvalue weighted by atomic mass is 16.5. The number of para-hydroxylation sites is 2. The standard InChI is InChI=1S/C27H23N3O6/c1-2-35-23-16-18(13-14-22(23)36-17-24(31)28-19-9-5-3-6-10-19)15-21-25(32)29-27(34)30(26(21)33)20-11-7-4-8-12-20/h3-16H,2,17H2,1H3,(H,28,31)(H,29,32,34). The maximum Gasteiger partial charge on any atom is 0.335 e. The molecule has 1 heterocycles. The van der Waals surface area contributed by atoms with E-state index in [1.54, 1.807) is 67.6 Å². The molecule has 0 aromatic heterocycles. The minimum atomic E-state index is -0.819. The highest BCUT2D eigenvalue weighted by Crippen LogP contribution is 2.30. The number of amides is 5. The van der Waals surface area contributed by atoms with Crippen LogP contribution in [0.4, 0.5) is 16.2 Å². The van der Waals surface area contributed by atoms with E-state index in [2.05, 4.69) is 10.6 Å². The van der Waals surface area contributed by atoms with E-state index in [-0.39, 0.29) is 18.1 Å². The number of carbonyl (C=O) groups is 4. The van der Waals surface area contributed by atoms with Crippen molar-refractivity contribution in [3.05, 3.63) is 90.0 Å². The van der Waals surface area contributed by atoms with Crippen molar-refractivity contribution in [1.82, 2.24) is 5.32 Å². The van der Waals surface area contributed by atoms with Crippen LogP contribution in [0, 0.1) is 0 Å². The summed E-state index contributed by atoms with van der Waals surface area (Å²) in [5.41, 5.74) is 1.25. The molecular weight excluding hydrogens is 462 g/mol. The molecule has 0 unspecified atom stereocenters. The van der Waals surface area contributed by atoms with Gasteiger partial charge >= 0.3 is 6.03 Å². The largest absolute Gasteiger partial charge is 0.490 e. The molecule has 182 valence electrons. The summed E-state index contributed by atoms with van der Waals surface area (Å²) in [7, 11) is 0. The predicted octanol–water partition coefficient (Wildman–Crippen LogP) is 3.77. The molecule has 1 fully saturated rings. The third-order valence-electron chi connectivity index (χ3n) is 5.11. The number of carbonyl (C=O) groups excluding carboxylic acids is 4. The fourth-order valence-corrected chi connectivity index (χ4v) is 3.50. The van der Waals surface area contributed by atoms with Gasteiger partial charge in [-0.15, -0.1) is 0 Å². The van der Waals surface area contributed by atoms with Gasteiger partial charge in [-0.25, -0.2) is 9.69 Å². The van der Waals surface area contributed by atoms with E-state index < -0.39 is 17.8 Å². The third kappa shape index (κ3) is 5.58. The van der Waals surface area contributed by atoms with Gasteiger partial charge in [-0.2, -0.15) is 0 Å². The van der Waals surface area contributed by atoms with Crippen molar-refractivity contribution in [3.8, 4) is 11.5 Å². The van der Waals surface area contributed by atoms with E-state index in [9.17, 15) is 19.2 Å². The Bertz CT molecular complexity index is 1320. The molecule has 0 saturated carbocycles. The monoisotopic (exact) mass is 485 g/mol. The summed E-state index contributed by atoms with van der Waals surface area (Å²) in [6, 6.07) is 21.3. The number of nitrogens with one attached hydrogen (secondary N) is 2. The van der Waals surface area contributed by atoms with Crippen molar-refractivity contribution in [3.63, 3.8) is 0 Å². The molecule has 4 rings (SSSR count). The zero-order chi connectivity index (χ0) is 25.5. The second-order valence-corrected chi connectivity index (χ2v) is 7.64. The van der Waals surface area contributed by atoms with Crippen molar-refractivity contribution in [2.75, 3.05) is 23.4 Å². The zero-order valence-electron chi connectivity index (χ0n) is 19.4. The molecule has 1 aliphatic heterocycles. The van der Waals surface area contributed by atoms with Gasteiger partial charge in [0.25, 0.3) is 17.7 Å². The summed E-state index contributed by atoms with van der Waals surface area (Å²) >= 11 is 0. The van der Waals surface area contributed by atoms with E-state index in [1.165, 1.54) is 6.08 Å². The smallest absolute Gasteiger partial charge is 0.335 e. The molecule has 0 aliphatic carbocycles. The van der Waals surface area contributed by atoms with Crippen molar-refractivity contribution in [1.29, 1.82) is 0 Å². The summed E-state index contributed by atoms with van der Waals surface area (Å²) in [4.78, 5) is 50.9. The molecule has 0 radical (unpaired) electrons. The number of hydrogen-bond acceptors (Lipinski definition) is 6. The summed E-state index contributed by atoms with van der Waals surface area (Å²) in [6.45, 7) is 1.87. The molecule has 9 nitrogen and oxygen atoms in total. The summed E-state index contributed by atoms with van der Waals surface area (Å²) < 4.78 is 11.3. The van der Waals surface area contributed by atoms with Gasteiger partial charge in [-0.05, 0) is 55.0 Å². The van der Waals surface area contributed by atoms with E-state index in [0.717, 1.165) is 4.90 Å². The Morgan fingerprint density at radius 1 is 0.917 bits per heavy atom. The molecular formula is C27H23N3O6. The van der Waals surface area contributed by atoms with Crippen molar-refractivity contribution < 1.29 is 28.7 Å². The predicted molar refractivity (Wildman–Crippen MR) is 134 cm³/mol. The first-order chi connectivity index (χ1) is 17.5. The summed E-state index contributed by atoms with van der Waals surface area (Å²) in [5, 5.41) is 4.92. The SMILES string of the molecule is CCOc1cc(C=C2C(=O)NC(=O)N(c3ccccc3)C2=O)ccc1OCC(=O)Nc1ccccc1. The van der Waals surface area contributed by atoms with Crippen LogP contribution in [0.5, 0.6) is 11.5 Å². The molecule has 0 bridgehead atoms. The highest BCUT2D eigenvalue weighted by molar-refractivity contribution is 6.39. The Kier molecular flexibility index (Phi) is 7.40. The molecule has 3 aromatic carbocycles. The van der Waals surface area contributed by atoms with E-state index in [0.29, 0.717) is 35.0 Å². The third-order valence-corrected chi connectivity index (χ3v) is 5.11. The van der Waals surface area contributed by atoms with Crippen LogP contribution in [0.3, 0.4) is 0 Å². The van der Waals surface area contributed by atoms with Crippen LogP contribution in [0.2, 0.25) is 0 Å². The summed E-state index contributed by atoms with van der Waals surface area (Å²) in [5.74, 6) is -1.23. The van der Waals surface area contributed by atoms with Gasteiger partial charge in [-0.3, -0.25) is 19.7 Å². The maximum atomic E-state index is 13.0. The van der Waals surface area contributed by atoms with Crippen LogP contribution in [-0.2, 0) is 14.4 Å². The zero-order valence-corrected chi connectivity index (χ0v) is 19.4. The number of imide groups is 2. The van der Waals surface area contributed by atoms with E-state index in [1.807, 2.05) is 18.2 Å². The van der Waals surface area contributed by atoms with Crippen molar-refractivity contribution in [2.45, 2.75) is 6.92 Å². The van der Waals surface area contributed by atoms with Gasteiger partial charge < -0.3 is 14.8 Å². The number of ether oxygens (including phenoxy) is 2. The number of rotatable bonds is 8. The average molecular weight is 485 g/mol. The molecule has 36 heavy (non-hydrogen) atoms. The lowest BCUT2D eigenvalue weighted by atomic mass is 10.1. The second kappa shape index (κ2) is 11.0. The first-order valence-electron chi connectivity index (χ1n) is 11.2. The molecule has 0 spiro atoms. The lowest BCUT2D eigenvalue weighted by Crippen LogP contribution is -2.54. The Hall–Kier alpha value is -4.92. The minimum Gasteiger partial charge on any atom is -0.490 e. The molecule has 5 amide bonds. The number of barbiturate groups is 1. The Morgan fingerprint density at radius 2 is 1.61 bits per heavy atom. The van der Waals surface area contributed by atoms with Crippen LogP contribution < -0.4 is 25.0 Å². The molecule has 1 aliphatic rings. The fraction of sp³-hybridized carbons (Fsp3) is 0.111. The fourth-order valence-electron chi connectivity index (χ4n) is 3.50. The lowest BCUT2D eigenvalue weighted by molar-refractivity contribution is -0.122. The van der Waals surface area contributed by atoms with Crippen LogP contribution >= 0.6 is 0 Å². The maximum absolute atomic E-state index is 13.0. The van der Waals surface area contributed by atoms with Crippen LogP contribution in [0.1, 0.15) is 12.5 Å². The molecule has 1 saturated heterocycles. The van der Waals surface area contributed by atoms with Gasteiger partial charge in [-0.1, -0.05) is 42.5 Å². The van der Waals surface area contributed by atoms with Crippen molar-refractivity contribution in [2.24, 2.45) is 0 Å². The first-order valence-corrected chi connectivity index (χ1v) is 11.2. The van der Waals surface area contributed by atoms with Gasteiger partial charge in [0.05, 0.1) is 12.3 Å². The van der Waals surface area contributed by atoms with Gasteiger partial charge in [0, 0.05) is 5.69 Å². The number of hydrogen-bond donors (Lipinski definition) is 2. The Morgan fingerprint density at radius 3 is 2.31 bits per heavy atom. The number of anilines is 2. The van der Waals surface area contributed by atoms with Crippen LogP contribution in [0.25, 0.3) is 6.08 Å². The molecule has 3 aromatic rings. The Balaban J connectivity index is 1.53.